The lowest BCUT2D eigenvalue weighted by Gasteiger charge is -2.24. The average Bonchev–Trinajstić information content (AvgIpc) is 3.40. The van der Waals surface area contributed by atoms with Gasteiger partial charge in [0.05, 0.1) is 11.4 Å². The summed E-state index contributed by atoms with van der Waals surface area (Å²) in [6.07, 6.45) is 5.26. The average molecular weight is 380 g/mol. The zero-order valence-corrected chi connectivity index (χ0v) is 16.6. The first kappa shape index (κ1) is 18.7. The Bertz CT molecular complexity index is 865. The number of hydrogen-bond donors (Lipinski definition) is 1. The largest absolute Gasteiger partial charge is 0.352 e. The third-order valence-corrected chi connectivity index (χ3v) is 5.94. The van der Waals surface area contributed by atoms with Gasteiger partial charge in [-0.25, -0.2) is 4.68 Å². The molecular formula is C22H28N4O2. The molecule has 1 saturated heterocycles. The Morgan fingerprint density at radius 3 is 2.54 bits per heavy atom. The third kappa shape index (κ3) is 3.81. The second-order valence-corrected chi connectivity index (χ2v) is 8.15. The van der Waals surface area contributed by atoms with Crippen molar-refractivity contribution in [2.24, 2.45) is 5.92 Å². The van der Waals surface area contributed by atoms with Crippen LogP contribution in [0.5, 0.6) is 0 Å². The summed E-state index contributed by atoms with van der Waals surface area (Å²) in [5, 5.41) is 7.48. The van der Waals surface area contributed by atoms with Crippen LogP contribution >= 0.6 is 0 Å². The van der Waals surface area contributed by atoms with Crippen LogP contribution in [0.15, 0.2) is 30.3 Å². The maximum Gasteiger partial charge on any atom is 0.251 e. The fourth-order valence-corrected chi connectivity index (χ4v) is 4.50. The Balaban J connectivity index is 1.33. The number of carbonyl (C=O) groups is 2. The molecule has 1 aromatic carbocycles. The molecule has 148 valence electrons. The molecule has 0 radical (unpaired) electrons. The molecule has 28 heavy (non-hydrogen) atoms. The maximum absolute atomic E-state index is 12.5. The van der Waals surface area contributed by atoms with Crippen LogP contribution in [0.2, 0.25) is 0 Å². The number of nitrogens with zero attached hydrogens (tertiary/aromatic N) is 3. The predicted octanol–water partition coefficient (Wildman–Crippen LogP) is 3.01. The molecule has 6 nitrogen and oxygen atoms in total. The van der Waals surface area contributed by atoms with Crippen molar-refractivity contribution in [2.45, 2.75) is 52.0 Å². The number of carbonyl (C=O) groups excluding carboxylic acids is 2. The highest BCUT2D eigenvalue weighted by atomic mass is 16.2. The van der Waals surface area contributed by atoms with E-state index in [2.05, 4.69) is 10.4 Å². The molecule has 2 amide bonds. The topological polar surface area (TPSA) is 67.2 Å². The SMILES string of the molecule is Cc1cc(C)n(-c2ccc(C(=O)NCC3CC(=O)N(C4CCCC4)C3)cc2)n1. The molecule has 1 atom stereocenters. The van der Waals surface area contributed by atoms with Gasteiger partial charge in [0, 0.05) is 42.7 Å². The van der Waals surface area contributed by atoms with Gasteiger partial charge in [-0.3, -0.25) is 9.59 Å². The summed E-state index contributed by atoms with van der Waals surface area (Å²) in [6, 6.07) is 9.93. The number of hydrogen-bond acceptors (Lipinski definition) is 3. The van der Waals surface area contributed by atoms with E-state index >= 15 is 0 Å². The first-order valence-corrected chi connectivity index (χ1v) is 10.2. The molecule has 1 aliphatic carbocycles. The Kier molecular flexibility index (Phi) is 5.20. The zero-order valence-electron chi connectivity index (χ0n) is 16.6. The van der Waals surface area contributed by atoms with Gasteiger partial charge in [0.1, 0.15) is 0 Å². The minimum Gasteiger partial charge on any atom is -0.352 e. The van der Waals surface area contributed by atoms with Crippen LogP contribution < -0.4 is 5.32 Å². The number of aromatic nitrogens is 2. The van der Waals surface area contributed by atoms with Crippen molar-refractivity contribution in [1.82, 2.24) is 20.0 Å². The van der Waals surface area contributed by atoms with Gasteiger partial charge in [0.2, 0.25) is 5.91 Å². The number of rotatable bonds is 5. The van der Waals surface area contributed by atoms with E-state index in [1.54, 1.807) is 0 Å². The monoisotopic (exact) mass is 380 g/mol. The molecule has 4 rings (SSSR count). The second-order valence-electron chi connectivity index (χ2n) is 8.15. The van der Waals surface area contributed by atoms with Crippen molar-refractivity contribution in [1.29, 1.82) is 0 Å². The van der Waals surface area contributed by atoms with Crippen LogP contribution in [0.25, 0.3) is 5.69 Å². The van der Waals surface area contributed by atoms with Crippen molar-refractivity contribution in [3.05, 3.63) is 47.3 Å². The lowest BCUT2D eigenvalue weighted by Crippen LogP contribution is -2.36. The summed E-state index contributed by atoms with van der Waals surface area (Å²) >= 11 is 0. The molecule has 0 spiro atoms. The smallest absolute Gasteiger partial charge is 0.251 e. The number of benzene rings is 1. The number of nitrogens with one attached hydrogen (secondary N) is 1. The lowest BCUT2D eigenvalue weighted by atomic mass is 10.1. The van der Waals surface area contributed by atoms with Gasteiger partial charge >= 0.3 is 0 Å². The highest BCUT2D eigenvalue weighted by Gasteiger charge is 2.35. The fraction of sp³-hybridized carbons (Fsp3) is 0.500. The summed E-state index contributed by atoms with van der Waals surface area (Å²) in [7, 11) is 0. The van der Waals surface area contributed by atoms with Gasteiger partial charge in [-0.2, -0.15) is 5.10 Å². The van der Waals surface area contributed by atoms with E-state index < -0.39 is 0 Å². The normalized spacial score (nSPS) is 20.1. The summed E-state index contributed by atoms with van der Waals surface area (Å²) in [5.74, 6) is 0.373. The molecule has 1 aromatic heterocycles. The van der Waals surface area contributed by atoms with E-state index in [0.29, 0.717) is 24.6 Å². The van der Waals surface area contributed by atoms with E-state index in [1.807, 2.05) is 53.8 Å². The summed E-state index contributed by atoms with van der Waals surface area (Å²) < 4.78 is 1.87. The molecule has 2 aromatic rings. The molecule has 2 fully saturated rings. The van der Waals surface area contributed by atoms with Gasteiger partial charge in [-0.15, -0.1) is 0 Å². The third-order valence-electron chi connectivity index (χ3n) is 5.94. The van der Waals surface area contributed by atoms with Gasteiger partial charge in [-0.1, -0.05) is 12.8 Å². The van der Waals surface area contributed by atoms with Crippen LogP contribution in [0, 0.1) is 19.8 Å². The minimum atomic E-state index is -0.0910. The summed E-state index contributed by atoms with van der Waals surface area (Å²) in [6.45, 7) is 5.30. The van der Waals surface area contributed by atoms with Gasteiger partial charge < -0.3 is 10.2 Å². The maximum atomic E-state index is 12.5. The highest BCUT2D eigenvalue weighted by molar-refractivity contribution is 5.94. The number of amides is 2. The quantitative estimate of drug-likeness (QED) is 0.867. The Morgan fingerprint density at radius 1 is 1.18 bits per heavy atom. The van der Waals surface area contributed by atoms with E-state index in [0.717, 1.165) is 36.5 Å². The first-order chi connectivity index (χ1) is 13.5. The summed E-state index contributed by atoms with van der Waals surface area (Å²) in [5.41, 5.74) is 3.60. The Hall–Kier alpha value is -2.63. The standard InChI is InChI=1S/C22H28N4O2/c1-15-11-16(2)26(24-15)20-9-7-18(8-10-20)22(28)23-13-17-12-21(27)25(14-17)19-5-3-4-6-19/h7-11,17,19H,3-6,12-14H2,1-2H3,(H,23,28). The minimum absolute atomic E-state index is 0.0910. The van der Waals surface area contributed by atoms with Crippen molar-refractivity contribution in [3.63, 3.8) is 0 Å². The molecule has 1 aliphatic heterocycles. The zero-order chi connectivity index (χ0) is 19.7. The van der Waals surface area contributed by atoms with Crippen LogP contribution in [-0.4, -0.2) is 45.6 Å². The van der Waals surface area contributed by atoms with E-state index in [1.165, 1.54) is 12.8 Å². The molecule has 0 bridgehead atoms. The van der Waals surface area contributed by atoms with Crippen LogP contribution in [0.1, 0.15) is 53.8 Å². The molecule has 6 heteroatoms. The first-order valence-electron chi connectivity index (χ1n) is 10.2. The Labute approximate surface area is 165 Å². The summed E-state index contributed by atoms with van der Waals surface area (Å²) in [4.78, 5) is 26.8. The van der Waals surface area contributed by atoms with Gasteiger partial charge in [0.25, 0.3) is 5.91 Å². The number of likely N-dealkylation sites (tertiary alicyclic amines) is 1. The fourth-order valence-electron chi connectivity index (χ4n) is 4.50. The molecule has 1 N–H and O–H groups in total. The highest BCUT2D eigenvalue weighted by Crippen LogP contribution is 2.29. The van der Waals surface area contributed by atoms with E-state index in [9.17, 15) is 9.59 Å². The molecule has 1 unspecified atom stereocenters. The van der Waals surface area contributed by atoms with Crippen molar-refractivity contribution >= 4 is 11.8 Å². The van der Waals surface area contributed by atoms with Crippen LogP contribution in [0.3, 0.4) is 0 Å². The molecule has 2 aliphatic rings. The molecule has 1 saturated carbocycles. The van der Waals surface area contributed by atoms with E-state index in [4.69, 9.17) is 0 Å². The second kappa shape index (κ2) is 7.78. The van der Waals surface area contributed by atoms with Gasteiger partial charge in [-0.05, 0) is 57.0 Å². The van der Waals surface area contributed by atoms with Crippen LogP contribution in [-0.2, 0) is 4.79 Å². The number of aryl methyl sites for hydroxylation is 2. The van der Waals surface area contributed by atoms with Gasteiger partial charge in [0.15, 0.2) is 0 Å². The Morgan fingerprint density at radius 2 is 1.89 bits per heavy atom. The molecular weight excluding hydrogens is 352 g/mol. The van der Waals surface area contributed by atoms with Crippen molar-refractivity contribution < 1.29 is 9.59 Å². The lowest BCUT2D eigenvalue weighted by molar-refractivity contribution is -0.129. The van der Waals surface area contributed by atoms with Crippen LogP contribution in [0.4, 0.5) is 0 Å². The van der Waals surface area contributed by atoms with E-state index in [-0.39, 0.29) is 17.7 Å². The van der Waals surface area contributed by atoms with Crippen molar-refractivity contribution in [2.75, 3.05) is 13.1 Å². The predicted molar refractivity (Wildman–Crippen MR) is 107 cm³/mol. The molecule has 2 heterocycles. The van der Waals surface area contributed by atoms with Crippen molar-refractivity contribution in [3.8, 4) is 5.69 Å².